The van der Waals surface area contributed by atoms with E-state index in [1.807, 2.05) is 0 Å². The molecule has 31 heavy (non-hydrogen) atoms. The van der Waals surface area contributed by atoms with Crippen molar-refractivity contribution in [1.82, 2.24) is 0 Å². The van der Waals surface area contributed by atoms with Gasteiger partial charge in [-0.2, -0.15) is 0 Å². The summed E-state index contributed by atoms with van der Waals surface area (Å²) in [6, 6.07) is 18.0. The number of Topliss-reactive ketones (excluding diaryl/α,β-unsaturated/α-hetero) is 1. The Morgan fingerprint density at radius 3 is 2.35 bits per heavy atom. The van der Waals surface area contributed by atoms with Gasteiger partial charge >= 0.3 is 11.9 Å². The molecule has 0 bridgehead atoms. The summed E-state index contributed by atoms with van der Waals surface area (Å²) in [6.07, 6.45) is 0. The van der Waals surface area contributed by atoms with Gasteiger partial charge in [0.25, 0.3) is 0 Å². The third-order valence-electron chi connectivity index (χ3n) is 4.96. The topological polar surface area (TPSA) is 74.5 Å². The summed E-state index contributed by atoms with van der Waals surface area (Å²) in [5, 5.41) is 23.0. The molecule has 3 aromatic carbocycles. The molecule has 0 fully saturated rings. The molecule has 0 aliphatic heterocycles. The molecule has 1 heterocycles. The van der Waals surface area contributed by atoms with Crippen LogP contribution in [-0.2, 0) is 6.54 Å². The number of benzene rings is 3. The highest BCUT2D eigenvalue weighted by molar-refractivity contribution is 6.42. The van der Waals surface area contributed by atoms with Gasteiger partial charge in [0.2, 0.25) is 23.5 Å². The average Bonchev–Trinajstić information content (AvgIpc) is 2.79. The van der Waals surface area contributed by atoms with Crippen molar-refractivity contribution in [1.29, 1.82) is 0 Å². The van der Waals surface area contributed by atoms with Gasteiger partial charge in [0, 0.05) is 23.8 Å². The lowest BCUT2D eigenvalue weighted by Crippen LogP contribution is -2.49. The van der Waals surface area contributed by atoms with Gasteiger partial charge in [-0.15, -0.1) is 0 Å². The van der Waals surface area contributed by atoms with Gasteiger partial charge < -0.3 is 14.9 Å². The van der Waals surface area contributed by atoms with Gasteiger partial charge in [-0.05, 0) is 41.0 Å². The highest BCUT2D eigenvalue weighted by Crippen LogP contribution is 2.27. The zero-order valence-electron chi connectivity index (χ0n) is 16.4. The second-order valence-electron chi connectivity index (χ2n) is 6.81. The Bertz CT molecular complexity index is 1310. The molecule has 0 radical (unpaired) electrons. The minimum absolute atomic E-state index is 0.153. The Morgan fingerprint density at radius 2 is 1.68 bits per heavy atom. The largest absolute Gasteiger partial charge is 0.638 e. The van der Waals surface area contributed by atoms with E-state index in [0.29, 0.717) is 32.9 Å². The fourth-order valence-electron chi connectivity index (χ4n) is 3.37. The molecule has 1 aromatic heterocycles. The summed E-state index contributed by atoms with van der Waals surface area (Å²) >= 11 is 12.1. The third kappa shape index (κ3) is 3.87. The molecule has 0 aliphatic rings. The number of aromatic hydroxyl groups is 2. The second kappa shape index (κ2) is 8.41. The number of halogens is 2. The number of hydrogen-bond donors (Lipinski definition) is 2. The lowest BCUT2D eigenvalue weighted by atomic mass is 10.1. The molecule has 4 aromatic rings. The SMILES string of the molecule is COc1ccc(C(=O)C[n+]2c(O)[n+](-c3ccc(Cl)c(Cl)c3)c(O)c3ccccc32)cc1. The maximum atomic E-state index is 13.0. The molecular formula is C23H18Cl2N2O4+2. The summed E-state index contributed by atoms with van der Waals surface area (Å²) in [7, 11) is 1.55. The van der Waals surface area contributed by atoms with E-state index in [-0.39, 0.29) is 29.2 Å². The molecule has 0 saturated heterocycles. The Kier molecular flexibility index (Phi) is 5.67. The van der Waals surface area contributed by atoms with Crippen molar-refractivity contribution in [3.63, 3.8) is 0 Å². The predicted octanol–water partition coefficient (Wildman–Crippen LogP) is 4.01. The standard InChI is InChI=1S/C23H16Cl2N2O4/c1-31-16-9-6-14(7-10-16)21(28)13-26-20-5-3-2-4-17(20)22(29)27(23(26)30)15-8-11-18(24)19(25)12-15/h2-12H,13H2,1H3/p+2. The van der Waals surface area contributed by atoms with Crippen LogP contribution in [0, 0.1) is 0 Å². The summed E-state index contributed by atoms with van der Waals surface area (Å²) in [4.78, 5) is 13.0. The van der Waals surface area contributed by atoms with Crippen molar-refractivity contribution in [2.45, 2.75) is 6.54 Å². The number of ketones is 1. The minimum Gasteiger partial charge on any atom is -0.497 e. The van der Waals surface area contributed by atoms with Gasteiger partial charge in [-0.3, -0.25) is 4.79 Å². The van der Waals surface area contributed by atoms with E-state index < -0.39 is 0 Å². The number of aromatic nitrogens is 2. The van der Waals surface area contributed by atoms with Gasteiger partial charge in [0.1, 0.15) is 5.75 Å². The Morgan fingerprint density at radius 1 is 0.968 bits per heavy atom. The van der Waals surface area contributed by atoms with Crippen LogP contribution in [0.25, 0.3) is 16.6 Å². The highest BCUT2D eigenvalue weighted by Gasteiger charge is 2.36. The van der Waals surface area contributed by atoms with Crippen LogP contribution >= 0.6 is 23.2 Å². The first-order valence-corrected chi connectivity index (χ1v) is 10.1. The quantitative estimate of drug-likeness (QED) is 0.351. The van der Waals surface area contributed by atoms with Crippen LogP contribution in [0.3, 0.4) is 0 Å². The minimum atomic E-state index is -0.337. The van der Waals surface area contributed by atoms with Gasteiger partial charge in [-0.25, -0.2) is 0 Å². The summed E-state index contributed by atoms with van der Waals surface area (Å²) < 4.78 is 7.78. The Labute approximate surface area is 188 Å². The van der Waals surface area contributed by atoms with Gasteiger partial charge in [0.05, 0.1) is 17.2 Å². The van der Waals surface area contributed by atoms with Crippen LogP contribution in [0.4, 0.5) is 0 Å². The number of fused-ring (bicyclic) bond motifs is 1. The van der Waals surface area contributed by atoms with Crippen LogP contribution in [0.1, 0.15) is 10.4 Å². The first-order chi connectivity index (χ1) is 14.9. The van der Waals surface area contributed by atoms with E-state index in [0.717, 1.165) is 0 Å². The molecule has 2 N–H and O–H groups in total. The van der Waals surface area contributed by atoms with Crippen molar-refractivity contribution >= 4 is 39.9 Å². The number of carbonyl (C=O) groups is 1. The van der Waals surface area contributed by atoms with Crippen LogP contribution in [0.15, 0.2) is 66.7 Å². The van der Waals surface area contributed by atoms with Crippen molar-refractivity contribution < 1.29 is 28.9 Å². The molecule has 0 unspecified atom stereocenters. The lowest BCUT2D eigenvalue weighted by Gasteiger charge is -2.06. The van der Waals surface area contributed by atoms with Gasteiger partial charge in [-0.1, -0.05) is 39.9 Å². The fraction of sp³-hybridized carbons (Fsp3) is 0.0870. The molecule has 0 amide bonds. The first kappa shape index (κ1) is 20.9. The lowest BCUT2D eigenvalue weighted by molar-refractivity contribution is -0.774. The monoisotopic (exact) mass is 456 g/mol. The third-order valence-corrected chi connectivity index (χ3v) is 5.70. The number of methoxy groups -OCH3 is 1. The van der Waals surface area contributed by atoms with Crippen molar-refractivity contribution in [3.05, 3.63) is 82.3 Å². The number of rotatable bonds is 5. The molecule has 4 rings (SSSR count). The fourth-order valence-corrected chi connectivity index (χ4v) is 3.66. The first-order valence-electron chi connectivity index (χ1n) is 9.32. The molecule has 6 nitrogen and oxygen atoms in total. The van der Waals surface area contributed by atoms with E-state index in [9.17, 15) is 15.0 Å². The zero-order chi connectivity index (χ0) is 22.1. The Hall–Kier alpha value is -3.35. The predicted molar refractivity (Wildman–Crippen MR) is 116 cm³/mol. The molecule has 0 spiro atoms. The number of carbonyl (C=O) groups excluding carboxylic acids is 1. The molecule has 156 valence electrons. The molecule has 0 aliphatic carbocycles. The van der Waals surface area contributed by atoms with E-state index in [1.165, 1.54) is 15.2 Å². The smallest absolute Gasteiger partial charge is 0.497 e. The number of ether oxygens (including phenoxy) is 1. The number of nitrogens with zero attached hydrogens (tertiary/aromatic N) is 2. The maximum absolute atomic E-state index is 13.0. The van der Waals surface area contributed by atoms with E-state index >= 15 is 0 Å². The van der Waals surface area contributed by atoms with E-state index in [2.05, 4.69) is 0 Å². The van der Waals surface area contributed by atoms with Crippen LogP contribution < -0.4 is 13.9 Å². The van der Waals surface area contributed by atoms with Crippen LogP contribution in [0.2, 0.25) is 10.0 Å². The molecule has 0 saturated carbocycles. The van der Waals surface area contributed by atoms with Gasteiger partial charge in [0.15, 0.2) is 5.39 Å². The molecule has 8 heteroatoms. The number of hydrogen-bond acceptors (Lipinski definition) is 4. The van der Waals surface area contributed by atoms with Crippen LogP contribution in [0.5, 0.6) is 17.6 Å². The van der Waals surface area contributed by atoms with Crippen molar-refractivity contribution in [3.8, 4) is 23.3 Å². The molecule has 0 atom stereocenters. The second-order valence-corrected chi connectivity index (χ2v) is 7.63. The van der Waals surface area contributed by atoms with Crippen molar-refractivity contribution in [2.75, 3.05) is 7.11 Å². The summed E-state index contributed by atoms with van der Waals surface area (Å²) in [6.45, 7) is -0.153. The van der Waals surface area contributed by atoms with Crippen molar-refractivity contribution in [2.24, 2.45) is 0 Å². The average molecular weight is 457 g/mol. The Balaban J connectivity index is 1.87. The number of para-hydroxylation sites is 1. The summed E-state index contributed by atoms with van der Waals surface area (Å²) in [5.41, 5.74) is 1.35. The summed E-state index contributed by atoms with van der Waals surface area (Å²) in [5.74, 6) is 0.221. The van der Waals surface area contributed by atoms with Crippen LogP contribution in [-0.4, -0.2) is 23.1 Å². The van der Waals surface area contributed by atoms with E-state index in [4.69, 9.17) is 27.9 Å². The zero-order valence-corrected chi connectivity index (χ0v) is 17.9. The molecular weight excluding hydrogens is 439 g/mol. The maximum Gasteiger partial charge on any atom is 0.638 e. The highest BCUT2D eigenvalue weighted by atomic mass is 35.5. The van der Waals surface area contributed by atoms with E-state index in [1.54, 1.807) is 67.8 Å². The normalized spacial score (nSPS) is 10.9.